The van der Waals surface area contributed by atoms with E-state index in [1.54, 1.807) is 6.92 Å². The van der Waals surface area contributed by atoms with Crippen molar-refractivity contribution in [3.05, 3.63) is 27.9 Å². The van der Waals surface area contributed by atoms with E-state index in [1.165, 1.54) is 23.4 Å². The van der Waals surface area contributed by atoms with Crippen molar-refractivity contribution in [1.82, 2.24) is 14.5 Å². The van der Waals surface area contributed by atoms with Gasteiger partial charge in [0.2, 0.25) is 5.91 Å². The van der Waals surface area contributed by atoms with Crippen molar-refractivity contribution in [2.75, 3.05) is 13.1 Å². The molecule has 5 nitrogen and oxygen atoms in total. The van der Waals surface area contributed by atoms with Crippen molar-refractivity contribution in [3.63, 3.8) is 0 Å². The lowest BCUT2D eigenvalue weighted by molar-refractivity contribution is -0.135. The van der Waals surface area contributed by atoms with Gasteiger partial charge in [-0.2, -0.15) is 0 Å². The smallest absolute Gasteiger partial charge is 0.255 e. The number of likely N-dealkylation sites (tertiary alicyclic amines) is 1. The van der Waals surface area contributed by atoms with Gasteiger partial charge in [0.1, 0.15) is 11.2 Å². The van der Waals surface area contributed by atoms with E-state index in [9.17, 15) is 9.59 Å². The van der Waals surface area contributed by atoms with E-state index in [4.69, 9.17) is 11.6 Å². The van der Waals surface area contributed by atoms with Gasteiger partial charge in [0.15, 0.2) is 0 Å². The zero-order valence-corrected chi connectivity index (χ0v) is 11.1. The first-order chi connectivity index (χ1) is 8.59. The molecule has 2 heterocycles. The van der Waals surface area contributed by atoms with Crippen LogP contribution in [0, 0.1) is 0 Å². The van der Waals surface area contributed by atoms with Gasteiger partial charge in [0.05, 0.1) is 6.33 Å². The number of hydrogen-bond donors (Lipinski definition) is 0. The number of halogens is 1. The highest BCUT2D eigenvalue weighted by Gasteiger charge is 2.23. The Morgan fingerprint density at radius 2 is 2.06 bits per heavy atom. The summed E-state index contributed by atoms with van der Waals surface area (Å²) in [5.74, 6) is -0.0269. The van der Waals surface area contributed by atoms with E-state index < -0.39 is 6.04 Å². The fourth-order valence-electron chi connectivity index (χ4n) is 2.18. The molecule has 18 heavy (non-hydrogen) atoms. The summed E-state index contributed by atoms with van der Waals surface area (Å²) >= 11 is 5.63. The van der Waals surface area contributed by atoms with Crippen LogP contribution in [0.2, 0.25) is 5.15 Å². The van der Waals surface area contributed by atoms with E-state index in [1.807, 2.05) is 4.90 Å². The minimum absolute atomic E-state index is 0.0269. The number of carbonyl (C=O) groups excluding carboxylic acids is 1. The molecule has 0 saturated carbocycles. The van der Waals surface area contributed by atoms with E-state index in [2.05, 4.69) is 4.98 Å². The third-order valence-corrected chi connectivity index (χ3v) is 3.45. The second kappa shape index (κ2) is 5.52. The number of piperidine rings is 1. The molecule has 1 saturated heterocycles. The summed E-state index contributed by atoms with van der Waals surface area (Å²) in [5.41, 5.74) is -0.298. The highest BCUT2D eigenvalue weighted by Crippen LogP contribution is 2.14. The normalized spacial score (nSPS) is 17.6. The molecule has 0 N–H and O–H groups in total. The Hall–Kier alpha value is -1.36. The fraction of sp³-hybridized carbons (Fsp3) is 0.583. The maximum Gasteiger partial charge on any atom is 0.255 e. The molecule has 1 atom stereocenters. The summed E-state index contributed by atoms with van der Waals surface area (Å²) in [5, 5.41) is 0.147. The standard InChI is InChI=1S/C12H16ClN3O2/c1-9(12(18)15-5-3-2-4-6-15)16-8-14-10(13)7-11(16)17/h7-9H,2-6H2,1H3. The van der Waals surface area contributed by atoms with Gasteiger partial charge >= 0.3 is 0 Å². The highest BCUT2D eigenvalue weighted by molar-refractivity contribution is 6.29. The molecule has 0 aromatic carbocycles. The zero-order valence-electron chi connectivity index (χ0n) is 10.3. The summed E-state index contributed by atoms with van der Waals surface area (Å²) in [7, 11) is 0. The Morgan fingerprint density at radius 3 is 2.67 bits per heavy atom. The second-order valence-corrected chi connectivity index (χ2v) is 4.91. The van der Waals surface area contributed by atoms with Gasteiger partial charge in [-0.25, -0.2) is 4.98 Å². The van der Waals surface area contributed by atoms with Crippen LogP contribution in [0.4, 0.5) is 0 Å². The summed E-state index contributed by atoms with van der Waals surface area (Å²) in [6.07, 6.45) is 4.57. The number of rotatable bonds is 2. The minimum atomic E-state index is -0.527. The van der Waals surface area contributed by atoms with Gasteiger partial charge in [-0.3, -0.25) is 14.2 Å². The largest absolute Gasteiger partial charge is 0.341 e. The first-order valence-corrected chi connectivity index (χ1v) is 6.50. The topological polar surface area (TPSA) is 55.2 Å². The maximum atomic E-state index is 12.2. The van der Waals surface area contributed by atoms with E-state index in [0.717, 1.165) is 25.9 Å². The third-order valence-electron chi connectivity index (χ3n) is 3.24. The van der Waals surface area contributed by atoms with Crippen molar-refractivity contribution < 1.29 is 4.79 Å². The van der Waals surface area contributed by atoms with E-state index in [-0.39, 0.29) is 16.6 Å². The number of hydrogen-bond acceptors (Lipinski definition) is 3. The molecule has 1 aliphatic heterocycles. The molecular formula is C12H16ClN3O2. The summed E-state index contributed by atoms with van der Waals surface area (Å²) in [4.78, 5) is 29.6. The van der Waals surface area contributed by atoms with Crippen molar-refractivity contribution >= 4 is 17.5 Å². The van der Waals surface area contributed by atoms with Crippen molar-refractivity contribution in [3.8, 4) is 0 Å². The van der Waals surface area contributed by atoms with Crippen LogP contribution >= 0.6 is 11.6 Å². The summed E-state index contributed by atoms with van der Waals surface area (Å²) < 4.78 is 1.32. The Morgan fingerprint density at radius 1 is 1.39 bits per heavy atom. The average molecular weight is 270 g/mol. The third kappa shape index (κ3) is 2.72. The Labute approximate surface area is 110 Å². The lowest BCUT2D eigenvalue weighted by Crippen LogP contribution is -2.41. The molecule has 1 unspecified atom stereocenters. The Bertz CT molecular complexity index is 494. The van der Waals surface area contributed by atoms with Gasteiger partial charge in [0, 0.05) is 19.2 Å². The van der Waals surface area contributed by atoms with Gasteiger partial charge in [-0.15, -0.1) is 0 Å². The van der Waals surface area contributed by atoms with Gasteiger partial charge in [-0.1, -0.05) is 11.6 Å². The zero-order chi connectivity index (χ0) is 13.1. The molecule has 0 aliphatic carbocycles. The molecule has 0 bridgehead atoms. The monoisotopic (exact) mass is 269 g/mol. The van der Waals surface area contributed by atoms with Crippen LogP contribution in [-0.4, -0.2) is 33.4 Å². The molecule has 1 amide bonds. The predicted molar refractivity (Wildman–Crippen MR) is 68.6 cm³/mol. The van der Waals surface area contributed by atoms with Crippen LogP contribution < -0.4 is 5.56 Å². The second-order valence-electron chi connectivity index (χ2n) is 4.52. The molecule has 6 heteroatoms. The molecule has 1 aromatic rings. The Kier molecular flexibility index (Phi) is 4.01. The predicted octanol–water partition coefficient (Wildman–Crippen LogP) is 1.47. The fourth-order valence-corrected chi connectivity index (χ4v) is 2.31. The number of aromatic nitrogens is 2. The van der Waals surface area contributed by atoms with Gasteiger partial charge < -0.3 is 4.90 Å². The van der Waals surface area contributed by atoms with Gasteiger partial charge in [0.25, 0.3) is 5.56 Å². The molecule has 0 spiro atoms. The quantitative estimate of drug-likeness (QED) is 0.764. The molecule has 2 rings (SSSR count). The van der Waals surface area contributed by atoms with Crippen molar-refractivity contribution in [1.29, 1.82) is 0 Å². The van der Waals surface area contributed by atoms with Crippen LogP contribution in [0.3, 0.4) is 0 Å². The minimum Gasteiger partial charge on any atom is -0.341 e. The molecular weight excluding hydrogens is 254 g/mol. The van der Waals surface area contributed by atoms with Crippen LogP contribution in [0.5, 0.6) is 0 Å². The molecule has 0 radical (unpaired) electrons. The van der Waals surface area contributed by atoms with Crippen LogP contribution in [0.15, 0.2) is 17.2 Å². The first kappa shape index (κ1) is 13.1. The van der Waals surface area contributed by atoms with Gasteiger partial charge in [-0.05, 0) is 26.2 Å². The van der Waals surface area contributed by atoms with Crippen molar-refractivity contribution in [2.24, 2.45) is 0 Å². The van der Waals surface area contributed by atoms with Crippen LogP contribution in [-0.2, 0) is 4.79 Å². The van der Waals surface area contributed by atoms with Crippen LogP contribution in [0.25, 0.3) is 0 Å². The van der Waals surface area contributed by atoms with E-state index in [0.29, 0.717) is 0 Å². The number of amides is 1. The maximum absolute atomic E-state index is 12.2. The average Bonchev–Trinajstić information content (AvgIpc) is 2.38. The SMILES string of the molecule is CC(C(=O)N1CCCCC1)n1cnc(Cl)cc1=O. The lowest BCUT2D eigenvalue weighted by atomic mass is 10.1. The summed E-state index contributed by atoms with van der Waals surface area (Å²) in [6.45, 7) is 3.27. The molecule has 1 aliphatic rings. The van der Waals surface area contributed by atoms with Crippen LogP contribution in [0.1, 0.15) is 32.2 Å². The number of carbonyl (C=O) groups is 1. The molecule has 98 valence electrons. The number of nitrogens with zero attached hydrogens (tertiary/aromatic N) is 3. The molecule has 1 aromatic heterocycles. The highest BCUT2D eigenvalue weighted by atomic mass is 35.5. The van der Waals surface area contributed by atoms with Crippen molar-refractivity contribution in [2.45, 2.75) is 32.2 Å². The lowest BCUT2D eigenvalue weighted by Gasteiger charge is -2.29. The summed E-state index contributed by atoms with van der Waals surface area (Å²) in [6, 6.07) is 0.696. The first-order valence-electron chi connectivity index (χ1n) is 6.12. The van der Waals surface area contributed by atoms with E-state index >= 15 is 0 Å². The molecule has 1 fully saturated rings. The Balaban J connectivity index is 2.17.